The number of rotatable bonds is 7. The maximum Gasteiger partial charge on any atom is 0.407 e. The third-order valence-electron chi connectivity index (χ3n) is 4.58. The first kappa shape index (κ1) is 17.3. The maximum atomic E-state index is 11.7. The number of carbonyl (C=O) groups excluding carboxylic acids is 1. The van der Waals surface area contributed by atoms with Gasteiger partial charge < -0.3 is 15.2 Å². The van der Waals surface area contributed by atoms with Crippen LogP contribution in [0.25, 0.3) is 0 Å². The quantitative estimate of drug-likeness (QED) is 0.803. The monoisotopic (exact) mass is 319 g/mol. The molecule has 1 saturated carbocycles. The van der Waals surface area contributed by atoms with E-state index in [0.717, 1.165) is 31.2 Å². The van der Waals surface area contributed by atoms with Gasteiger partial charge in [0.1, 0.15) is 6.61 Å². The van der Waals surface area contributed by atoms with E-state index in [0.29, 0.717) is 13.0 Å². The fourth-order valence-corrected chi connectivity index (χ4v) is 3.34. The van der Waals surface area contributed by atoms with Gasteiger partial charge in [-0.2, -0.15) is 0 Å². The summed E-state index contributed by atoms with van der Waals surface area (Å²) < 4.78 is 5.17. The van der Waals surface area contributed by atoms with Crippen molar-refractivity contribution in [2.45, 2.75) is 51.6 Å². The zero-order valence-corrected chi connectivity index (χ0v) is 13.4. The smallest absolute Gasteiger partial charge is 0.407 e. The van der Waals surface area contributed by atoms with Crippen molar-refractivity contribution in [2.75, 3.05) is 6.54 Å². The molecule has 126 valence electrons. The van der Waals surface area contributed by atoms with E-state index < -0.39 is 12.1 Å². The molecule has 0 atom stereocenters. The van der Waals surface area contributed by atoms with Crippen molar-refractivity contribution in [1.29, 1.82) is 0 Å². The molecule has 2 rings (SSSR count). The first-order valence-corrected chi connectivity index (χ1v) is 8.26. The van der Waals surface area contributed by atoms with Crippen LogP contribution in [-0.4, -0.2) is 23.7 Å². The Hall–Kier alpha value is -2.04. The van der Waals surface area contributed by atoms with E-state index in [1.54, 1.807) is 0 Å². The van der Waals surface area contributed by atoms with Crippen molar-refractivity contribution in [3.05, 3.63) is 35.9 Å². The van der Waals surface area contributed by atoms with Crippen LogP contribution < -0.4 is 5.32 Å². The lowest BCUT2D eigenvalue weighted by Gasteiger charge is -2.36. The lowest BCUT2D eigenvalue weighted by atomic mass is 9.69. The van der Waals surface area contributed by atoms with Crippen LogP contribution in [0, 0.1) is 5.41 Å². The third kappa shape index (κ3) is 5.93. The number of carbonyl (C=O) groups is 2. The number of aliphatic carboxylic acids is 1. The highest BCUT2D eigenvalue weighted by atomic mass is 16.5. The molecule has 0 unspecified atom stereocenters. The van der Waals surface area contributed by atoms with Crippen molar-refractivity contribution >= 4 is 12.1 Å². The van der Waals surface area contributed by atoms with E-state index in [4.69, 9.17) is 9.84 Å². The van der Waals surface area contributed by atoms with Gasteiger partial charge in [-0.25, -0.2) is 4.79 Å². The molecule has 0 aromatic heterocycles. The number of nitrogens with one attached hydrogen (secondary N) is 1. The first-order valence-electron chi connectivity index (χ1n) is 8.26. The van der Waals surface area contributed by atoms with Crippen molar-refractivity contribution in [2.24, 2.45) is 5.41 Å². The minimum Gasteiger partial charge on any atom is -0.481 e. The zero-order valence-electron chi connectivity index (χ0n) is 13.4. The molecule has 1 fully saturated rings. The molecule has 0 aliphatic heterocycles. The fraction of sp³-hybridized carbons (Fsp3) is 0.556. The Morgan fingerprint density at radius 2 is 1.83 bits per heavy atom. The number of amides is 1. The summed E-state index contributed by atoms with van der Waals surface area (Å²) in [5, 5.41) is 11.9. The van der Waals surface area contributed by atoms with E-state index >= 15 is 0 Å². The van der Waals surface area contributed by atoms with E-state index in [1.807, 2.05) is 30.3 Å². The summed E-state index contributed by atoms with van der Waals surface area (Å²) in [6.07, 6.45) is 5.62. The molecule has 0 spiro atoms. The summed E-state index contributed by atoms with van der Waals surface area (Å²) in [4.78, 5) is 22.9. The average Bonchev–Trinajstić information content (AvgIpc) is 2.54. The van der Waals surface area contributed by atoms with Crippen LogP contribution in [0.15, 0.2) is 30.3 Å². The molecule has 0 heterocycles. The summed E-state index contributed by atoms with van der Waals surface area (Å²) in [7, 11) is 0. The predicted molar refractivity (Wildman–Crippen MR) is 87.0 cm³/mol. The molecule has 1 aromatic rings. The Bertz CT molecular complexity index is 509. The Kier molecular flexibility index (Phi) is 6.44. The van der Waals surface area contributed by atoms with Gasteiger partial charge in [-0.3, -0.25) is 4.79 Å². The second kappa shape index (κ2) is 8.56. The number of hydrogen-bond donors (Lipinski definition) is 2. The van der Waals surface area contributed by atoms with Gasteiger partial charge in [0.05, 0.1) is 6.42 Å². The molecular formula is C18H25NO4. The highest BCUT2D eigenvalue weighted by Crippen LogP contribution is 2.41. The van der Waals surface area contributed by atoms with E-state index in [1.165, 1.54) is 6.42 Å². The minimum atomic E-state index is -0.751. The van der Waals surface area contributed by atoms with Crippen molar-refractivity contribution in [3.63, 3.8) is 0 Å². The maximum absolute atomic E-state index is 11.7. The Morgan fingerprint density at radius 3 is 2.48 bits per heavy atom. The van der Waals surface area contributed by atoms with Crippen LogP contribution in [0.3, 0.4) is 0 Å². The molecule has 2 N–H and O–H groups in total. The van der Waals surface area contributed by atoms with Gasteiger partial charge in [-0.05, 0) is 30.2 Å². The third-order valence-corrected chi connectivity index (χ3v) is 4.58. The normalized spacial score (nSPS) is 16.5. The molecule has 0 bridgehead atoms. The summed E-state index contributed by atoms with van der Waals surface area (Å²) >= 11 is 0. The SMILES string of the molecule is O=C(O)CC1(CCNC(=O)OCc2ccccc2)CCCCC1. The first-order chi connectivity index (χ1) is 11.1. The largest absolute Gasteiger partial charge is 0.481 e. The number of alkyl carbamates (subject to hydrolysis) is 1. The van der Waals surface area contributed by atoms with Gasteiger partial charge in [0.15, 0.2) is 0 Å². The van der Waals surface area contributed by atoms with Crippen LogP contribution in [0.2, 0.25) is 0 Å². The van der Waals surface area contributed by atoms with Crippen molar-refractivity contribution < 1.29 is 19.4 Å². The predicted octanol–water partition coefficient (Wildman–Crippen LogP) is 3.73. The molecule has 0 saturated heterocycles. The van der Waals surface area contributed by atoms with Gasteiger partial charge in [-0.15, -0.1) is 0 Å². The lowest BCUT2D eigenvalue weighted by Crippen LogP contribution is -2.33. The molecule has 5 nitrogen and oxygen atoms in total. The standard InChI is InChI=1S/C18H25NO4/c20-16(21)13-18(9-5-2-6-10-18)11-12-19-17(22)23-14-15-7-3-1-4-8-15/h1,3-4,7-8H,2,5-6,9-14H2,(H,19,22)(H,20,21). The van der Waals surface area contributed by atoms with E-state index in [2.05, 4.69) is 5.32 Å². The number of benzene rings is 1. The number of carboxylic acids is 1. The lowest BCUT2D eigenvalue weighted by molar-refractivity contribution is -0.140. The highest BCUT2D eigenvalue weighted by Gasteiger charge is 2.34. The average molecular weight is 319 g/mol. The van der Waals surface area contributed by atoms with Crippen LogP contribution in [0.4, 0.5) is 4.79 Å². The summed E-state index contributed by atoms with van der Waals surface area (Å²) in [5.41, 5.74) is 0.772. The van der Waals surface area contributed by atoms with Crippen molar-refractivity contribution in [1.82, 2.24) is 5.32 Å². The number of carboxylic acid groups (broad SMARTS) is 1. The molecule has 1 amide bonds. The molecule has 23 heavy (non-hydrogen) atoms. The molecular weight excluding hydrogens is 294 g/mol. The second-order valence-electron chi connectivity index (χ2n) is 6.37. The Morgan fingerprint density at radius 1 is 1.13 bits per heavy atom. The Balaban J connectivity index is 1.73. The highest BCUT2D eigenvalue weighted by molar-refractivity contribution is 5.68. The molecule has 1 aromatic carbocycles. The molecule has 0 radical (unpaired) electrons. The molecule has 1 aliphatic rings. The van der Waals surface area contributed by atoms with Crippen LogP contribution in [-0.2, 0) is 16.1 Å². The van der Waals surface area contributed by atoms with Crippen LogP contribution >= 0.6 is 0 Å². The van der Waals surface area contributed by atoms with Gasteiger partial charge in [0.2, 0.25) is 0 Å². The van der Waals surface area contributed by atoms with E-state index in [-0.39, 0.29) is 18.4 Å². The second-order valence-corrected chi connectivity index (χ2v) is 6.37. The van der Waals surface area contributed by atoms with Crippen molar-refractivity contribution in [3.8, 4) is 0 Å². The Labute approximate surface area is 137 Å². The topological polar surface area (TPSA) is 75.6 Å². The van der Waals surface area contributed by atoms with Crippen LogP contribution in [0.5, 0.6) is 0 Å². The summed E-state index contributed by atoms with van der Waals surface area (Å²) in [6.45, 7) is 0.702. The van der Waals surface area contributed by atoms with Gasteiger partial charge in [0.25, 0.3) is 0 Å². The molecule has 5 heteroatoms. The van der Waals surface area contributed by atoms with E-state index in [9.17, 15) is 9.59 Å². The van der Waals surface area contributed by atoms with Gasteiger partial charge in [-0.1, -0.05) is 49.6 Å². The zero-order chi connectivity index (χ0) is 16.5. The summed E-state index contributed by atoms with van der Waals surface area (Å²) in [6, 6.07) is 9.51. The number of hydrogen-bond acceptors (Lipinski definition) is 3. The fourth-order valence-electron chi connectivity index (χ4n) is 3.34. The molecule has 1 aliphatic carbocycles. The number of ether oxygens (including phenoxy) is 1. The van der Waals surface area contributed by atoms with Crippen LogP contribution in [0.1, 0.15) is 50.5 Å². The summed E-state index contributed by atoms with van der Waals surface area (Å²) in [5.74, 6) is -0.751. The van der Waals surface area contributed by atoms with Gasteiger partial charge >= 0.3 is 12.1 Å². The minimum absolute atomic E-state index is 0.170. The van der Waals surface area contributed by atoms with Gasteiger partial charge in [0, 0.05) is 6.54 Å².